The number of rotatable bonds is 4. The third-order valence-corrected chi connectivity index (χ3v) is 5.08. The van der Waals surface area contributed by atoms with E-state index in [0.29, 0.717) is 19.0 Å². The normalized spacial score (nSPS) is 24.5. The van der Waals surface area contributed by atoms with Crippen molar-refractivity contribution in [1.29, 1.82) is 0 Å². The lowest BCUT2D eigenvalue weighted by molar-refractivity contribution is -0.125. The summed E-state index contributed by atoms with van der Waals surface area (Å²) in [6.45, 7) is 3.19. The van der Waals surface area contributed by atoms with Crippen molar-refractivity contribution in [3.63, 3.8) is 0 Å². The molecule has 3 rings (SSSR count). The summed E-state index contributed by atoms with van der Waals surface area (Å²) in [5.74, 6) is 0.714. The summed E-state index contributed by atoms with van der Waals surface area (Å²) in [7, 11) is 0. The largest absolute Gasteiger partial charge is 0.354 e. The van der Waals surface area contributed by atoms with E-state index in [4.69, 9.17) is 0 Å². The first-order valence-corrected chi connectivity index (χ1v) is 8.55. The molecule has 2 aliphatic rings. The lowest BCUT2D eigenvalue weighted by Crippen LogP contribution is -2.56. The van der Waals surface area contributed by atoms with Gasteiger partial charge in [0.05, 0.1) is 0 Å². The van der Waals surface area contributed by atoms with Gasteiger partial charge < -0.3 is 16.0 Å². The lowest BCUT2D eigenvalue weighted by Gasteiger charge is -2.29. The minimum atomic E-state index is -0.439. The summed E-state index contributed by atoms with van der Waals surface area (Å²) in [6.07, 6.45) is 4.66. The summed E-state index contributed by atoms with van der Waals surface area (Å²) in [6, 6.07) is 7.59. The molecular weight excluding hydrogens is 290 g/mol. The molecule has 0 aromatic heterocycles. The minimum Gasteiger partial charge on any atom is -0.354 e. The fraction of sp³-hybridized carbons (Fsp3) is 0.556. The van der Waals surface area contributed by atoms with Gasteiger partial charge in [-0.2, -0.15) is 0 Å². The maximum absolute atomic E-state index is 12.1. The van der Waals surface area contributed by atoms with Crippen LogP contribution in [0.3, 0.4) is 0 Å². The average molecular weight is 315 g/mol. The maximum atomic E-state index is 12.1. The number of nitrogens with one attached hydrogen (secondary N) is 3. The molecule has 124 valence electrons. The molecule has 1 heterocycles. The van der Waals surface area contributed by atoms with E-state index in [1.54, 1.807) is 0 Å². The number of benzene rings is 1. The van der Waals surface area contributed by atoms with Gasteiger partial charge in [-0.05, 0) is 42.2 Å². The van der Waals surface area contributed by atoms with Crippen LogP contribution < -0.4 is 16.0 Å². The number of hydrogen-bond donors (Lipinski definition) is 3. The second-order valence-corrected chi connectivity index (χ2v) is 6.69. The van der Waals surface area contributed by atoms with E-state index in [1.165, 1.54) is 30.4 Å². The third-order valence-electron chi connectivity index (χ3n) is 5.08. The van der Waals surface area contributed by atoms with Gasteiger partial charge in [0.15, 0.2) is 0 Å². The number of piperidine rings is 1. The van der Waals surface area contributed by atoms with Crippen LogP contribution in [0.4, 0.5) is 4.79 Å². The van der Waals surface area contributed by atoms with Gasteiger partial charge in [0.2, 0.25) is 5.91 Å². The zero-order chi connectivity index (χ0) is 16.2. The van der Waals surface area contributed by atoms with E-state index in [-0.39, 0.29) is 17.9 Å². The van der Waals surface area contributed by atoms with E-state index in [1.807, 2.05) is 13.0 Å². The van der Waals surface area contributed by atoms with Crippen LogP contribution in [0.5, 0.6) is 0 Å². The van der Waals surface area contributed by atoms with Gasteiger partial charge in [-0.15, -0.1) is 0 Å². The van der Waals surface area contributed by atoms with E-state index in [9.17, 15) is 9.59 Å². The van der Waals surface area contributed by atoms with E-state index < -0.39 is 6.04 Å². The van der Waals surface area contributed by atoms with E-state index >= 15 is 0 Å². The molecule has 2 atom stereocenters. The second-order valence-electron chi connectivity index (χ2n) is 6.69. The van der Waals surface area contributed by atoms with Crippen LogP contribution in [0.25, 0.3) is 0 Å². The zero-order valence-corrected chi connectivity index (χ0v) is 13.6. The van der Waals surface area contributed by atoms with Crippen LogP contribution in [0.1, 0.15) is 49.7 Å². The topological polar surface area (TPSA) is 70.2 Å². The van der Waals surface area contributed by atoms with Crippen molar-refractivity contribution < 1.29 is 9.59 Å². The fourth-order valence-corrected chi connectivity index (χ4v) is 3.35. The highest BCUT2D eigenvalue weighted by atomic mass is 16.2. The molecule has 1 aliphatic carbocycles. The quantitative estimate of drug-likeness (QED) is 0.798. The second kappa shape index (κ2) is 7.02. The molecule has 3 N–H and O–H groups in total. The Balaban J connectivity index is 1.56. The zero-order valence-electron chi connectivity index (χ0n) is 13.6. The predicted octanol–water partition coefficient (Wildman–Crippen LogP) is 2.28. The Kier molecular flexibility index (Phi) is 4.84. The summed E-state index contributed by atoms with van der Waals surface area (Å²) in [4.78, 5) is 24.0. The lowest BCUT2D eigenvalue weighted by atomic mass is 9.78. The molecule has 5 nitrogen and oxygen atoms in total. The van der Waals surface area contributed by atoms with Crippen molar-refractivity contribution in [3.8, 4) is 0 Å². The number of amides is 3. The summed E-state index contributed by atoms with van der Waals surface area (Å²) in [5, 5.41) is 8.50. The Morgan fingerprint density at radius 2 is 2.04 bits per heavy atom. The molecular formula is C18H25N3O2. The third kappa shape index (κ3) is 3.66. The van der Waals surface area contributed by atoms with Crippen molar-refractivity contribution in [2.75, 3.05) is 6.54 Å². The molecule has 2 fully saturated rings. The minimum absolute atomic E-state index is 0.0891. The maximum Gasteiger partial charge on any atom is 0.315 e. The molecule has 1 saturated heterocycles. The molecule has 1 saturated carbocycles. The van der Waals surface area contributed by atoms with Crippen LogP contribution in [0.15, 0.2) is 24.3 Å². The van der Waals surface area contributed by atoms with Crippen LogP contribution in [-0.4, -0.2) is 24.5 Å². The van der Waals surface area contributed by atoms with Crippen molar-refractivity contribution in [2.24, 2.45) is 5.92 Å². The number of carbonyl (C=O) groups is 2. The van der Waals surface area contributed by atoms with Gasteiger partial charge in [-0.3, -0.25) is 4.79 Å². The highest BCUT2D eigenvalue weighted by Crippen LogP contribution is 2.37. The molecule has 1 aromatic rings. The van der Waals surface area contributed by atoms with Gasteiger partial charge in [0.1, 0.15) is 6.04 Å². The molecule has 0 radical (unpaired) electrons. The average Bonchev–Trinajstić information content (AvgIpc) is 2.48. The molecule has 3 amide bonds. The van der Waals surface area contributed by atoms with Crippen LogP contribution in [0.2, 0.25) is 0 Å². The Hall–Kier alpha value is -2.04. The van der Waals surface area contributed by atoms with Crippen LogP contribution >= 0.6 is 0 Å². The van der Waals surface area contributed by atoms with Gasteiger partial charge in [-0.1, -0.05) is 37.6 Å². The highest BCUT2D eigenvalue weighted by Gasteiger charge is 2.30. The first-order valence-electron chi connectivity index (χ1n) is 8.55. The number of urea groups is 1. The monoisotopic (exact) mass is 315 g/mol. The summed E-state index contributed by atoms with van der Waals surface area (Å²) < 4.78 is 0. The molecule has 23 heavy (non-hydrogen) atoms. The van der Waals surface area contributed by atoms with Gasteiger partial charge in [-0.25, -0.2) is 4.79 Å². The van der Waals surface area contributed by atoms with Gasteiger partial charge >= 0.3 is 6.03 Å². The molecule has 5 heteroatoms. The van der Waals surface area contributed by atoms with Gasteiger partial charge in [0, 0.05) is 13.1 Å². The van der Waals surface area contributed by atoms with E-state index in [2.05, 4.69) is 34.1 Å². The predicted molar refractivity (Wildman–Crippen MR) is 89.0 cm³/mol. The van der Waals surface area contributed by atoms with Crippen LogP contribution in [0, 0.1) is 5.92 Å². The SMILES string of the molecule is CC1CCNC(=O)C1NC(=O)NCc1ccccc1C1CCC1. The molecule has 0 spiro atoms. The van der Waals surface area contributed by atoms with Crippen molar-refractivity contribution in [1.82, 2.24) is 16.0 Å². The Morgan fingerprint density at radius 3 is 2.74 bits per heavy atom. The van der Waals surface area contributed by atoms with E-state index in [0.717, 1.165) is 6.42 Å². The van der Waals surface area contributed by atoms with Crippen LogP contribution in [-0.2, 0) is 11.3 Å². The summed E-state index contributed by atoms with van der Waals surface area (Å²) >= 11 is 0. The van der Waals surface area contributed by atoms with Crippen molar-refractivity contribution in [3.05, 3.63) is 35.4 Å². The Morgan fingerprint density at radius 1 is 1.26 bits per heavy atom. The fourth-order valence-electron chi connectivity index (χ4n) is 3.35. The first-order chi connectivity index (χ1) is 11.1. The highest BCUT2D eigenvalue weighted by molar-refractivity contribution is 5.87. The van der Waals surface area contributed by atoms with Crippen molar-refractivity contribution >= 4 is 11.9 Å². The molecule has 1 aliphatic heterocycles. The molecule has 1 aromatic carbocycles. The van der Waals surface area contributed by atoms with Crippen molar-refractivity contribution in [2.45, 2.75) is 51.1 Å². The molecule has 0 bridgehead atoms. The van der Waals surface area contributed by atoms with Gasteiger partial charge in [0.25, 0.3) is 0 Å². The number of hydrogen-bond acceptors (Lipinski definition) is 2. The Bertz CT molecular complexity index is 583. The first kappa shape index (κ1) is 15.8. The molecule has 2 unspecified atom stereocenters. The summed E-state index contributed by atoms with van der Waals surface area (Å²) in [5.41, 5.74) is 2.52. The smallest absolute Gasteiger partial charge is 0.315 e. The standard InChI is InChI=1S/C18H25N3O2/c1-12-9-10-19-17(22)16(12)21-18(23)20-11-14-5-2-3-8-15(14)13-6-4-7-13/h2-3,5,8,12-13,16H,4,6-7,9-11H2,1H3,(H,19,22)(H2,20,21,23). The number of carbonyl (C=O) groups excluding carboxylic acids is 2. The Labute approximate surface area is 137 Å².